The topological polar surface area (TPSA) is 50.7 Å². The Morgan fingerprint density at radius 3 is 2.64 bits per heavy atom. The van der Waals surface area contributed by atoms with Crippen LogP contribution in [0.3, 0.4) is 0 Å². The molecular formula is C18H18N2O2. The minimum Gasteiger partial charge on any atom is -0.483 e. The van der Waals surface area contributed by atoms with E-state index in [0.717, 1.165) is 11.1 Å². The summed E-state index contributed by atoms with van der Waals surface area (Å²) >= 11 is 0. The number of allylic oxidation sites excluding steroid dienone is 1. The van der Waals surface area contributed by atoms with Gasteiger partial charge in [0.25, 0.3) is 5.91 Å². The molecule has 0 saturated carbocycles. The van der Waals surface area contributed by atoms with Crippen molar-refractivity contribution in [3.63, 3.8) is 0 Å². The maximum absolute atomic E-state index is 11.6. The summed E-state index contributed by atoms with van der Waals surface area (Å²) in [6, 6.07) is 17.4. The van der Waals surface area contributed by atoms with Crippen molar-refractivity contribution >= 4 is 18.2 Å². The average Bonchev–Trinajstić information content (AvgIpc) is 2.55. The van der Waals surface area contributed by atoms with Crippen LogP contribution in [-0.4, -0.2) is 18.7 Å². The number of amides is 1. The highest BCUT2D eigenvalue weighted by Gasteiger charge is 2.02. The van der Waals surface area contributed by atoms with E-state index >= 15 is 0 Å². The average molecular weight is 294 g/mol. The maximum Gasteiger partial charge on any atom is 0.277 e. The van der Waals surface area contributed by atoms with E-state index < -0.39 is 0 Å². The van der Waals surface area contributed by atoms with Crippen molar-refractivity contribution < 1.29 is 9.53 Å². The molecule has 0 aliphatic heterocycles. The summed E-state index contributed by atoms with van der Waals surface area (Å²) in [4.78, 5) is 11.6. The number of hydrogen-bond donors (Lipinski definition) is 1. The number of carbonyl (C=O) groups excluding carboxylic acids is 1. The fourth-order valence-electron chi connectivity index (χ4n) is 1.76. The van der Waals surface area contributed by atoms with E-state index in [1.807, 2.05) is 67.6 Å². The molecule has 1 N–H and O–H groups in total. The lowest BCUT2D eigenvalue weighted by molar-refractivity contribution is -0.123. The van der Waals surface area contributed by atoms with Crippen molar-refractivity contribution in [3.8, 4) is 5.75 Å². The van der Waals surface area contributed by atoms with Gasteiger partial charge >= 0.3 is 0 Å². The summed E-state index contributed by atoms with van der Waals surface area (Å²) in [6.07, 6.45) is 5.19. The second kappa shape index (κ2) is 8.42. The third-order valence-electron chi connectivity index (χ3n) is 2.89. The van der Waals surface area contributed by atoms with Crippen LogP contribution in [0.1, 0.15) is 11.1 Å². The second-order valence-electron chi connectivity index (χ2n) is 4.64. The van der Waals surface area contributed by atoms with E-state index in [0.29, 0.717) is 5.75 Å². The van der Waals surface area contributed by atoms with Crippen LogP contribution in [0.15, 0.2) is 65.8 Å². The molecule has 0 unspecified atom stereocenters. The van der Waals surface area contributed by atoms with E-state index in [9.17, 15) is 4.79 Å². The largest absolute Gasteiger partial charge is 0.483 e. The molecule has 0 atom stereocenters. The molecule has 0 saturated heterocycles. The van der Waals surface area contributed by atoms with Crippen molar-refractivity contribution in [1.29, 1.82) is 0 Å². The van der Waals surface area contributed by atoms with Crippen LogP contribution in [-0.2, 0) is 4.79 Å². The fourth-order valence-corrected chi connectivity index (χ4v) is 1.76. The molecule has 1 amide bonds. The van der Waals surface area contributed by atoms with Gasteiger partial charge < -0.3 is 4.74 Å². The maximum atomic E-state index is 11.6. The van der Waals surface area contributed by atoms with Gasteiger partial charge in [-0.05, 0) is 30.2 Å². The van der Waals surface area contributed by atoms with Crippen LogP contribution in [0.2, 0.25) is 0 Å². The van der Waals surface area contributed by atoms with Gasteiger partial charge in [-0.2, -0.15) is 5.10 Å². The Hall–Kier alpha value is -2.88. The van der Waals surface area contributed by atoms with Gasteiger partial charge in [0.05, 0.1) is 0 Å². The first-order valence-corrected chi connectivity index (χ1v) is 6.98. The predicted octanol–water partition coefficient (Wildman–Crippen LogP) is 3.19. The normalized spacial score (nSPS) is 11.0. The Labute approximate surface area is 130 Å². The zero-order valence-electron chi connectivity index (χ0n) is 12.4. The Bertz CT molecular complexity index is 664. The highest BCUT2D eigenvalue weighted by molar-refractivity contribution is 5.81. The first-order chi connectivity index (χ1) is 10.8. The smallest absolute Gasteiger partial charge is 0.277 e. The van der Waals surface area contributed by atoms with E-state index in [-0.39, 0.29) is 12.5 Å². The molecule has 0 spiro atoms. The molecule has 112 valence electrons. The minimum atomic E-state index is -0.299. The third kappa shape index (κ3) is 5.25. The predicted molar refractivity (Wildman–Crippen MR) is 88.8 cm³/mol. The summed E-state index contributed by atoms with van der Waals surface area (Å²) in [5.41, 5.74) is 4.48. The highest BCUT2D eigenvalue weighted by atomic mass is 16.5. The van der Waals surface area contributed by atoms with Gasteiger partial charge in [0.1, 0.15) is 5.75 Å². The molecule has 2 aromatic carbocycles. The van der Waals surface area contributed by atoms with Crippen LogP contribution < -0.4 is 10.2 Å². The number of benzene rings is 2. The summed E-state index contributed by atoms with van der Waals surface area (Å²) in [6.45, 7) is 1.87. The third-order valence-corrected chi connectivity index (χ3v) is 2.89. The van der Waals surface area contributed by atoms with Gasteiger partial charge in [-0.1, -0.05) is 54.6 Å². The minimum absolute atomic E-state index is 0.0649. The van der Waals surface area contributed by atoms with Crippen molar-refractivity contribution in [2.75, 3.05) is 6.61 Å². The van der Waals surface area contributed by atoms with Crippen molar-refractivity contribution in [2.45, 2.75) is 6.92 Å². The Morgan fingerprint density at radius 1 is 1.14 bits per heavy atom. The standard InChI is InChI=1S/C18H18N2O2/c1-15-8-5-6-12-17(15)22-14-18(21)20-19-13-7-11-16-9-3-2-4-10-16/h2-13H,14H2,1H3,(H,20,21)/b11-7+,19-13?. The molecule has 0 aromatic heterocycles. The number of hydrazone groups is 1. The second-order valence-corrected chi connectivity index (χ2v) is 4.64. The van der Waals surface area contributed by atoms with Crippen molar-refractivity contribution in [2.24, 2.45) is 5.10 Å². The summed E-state index contributed by atoms with van der Waals surface area (Å²) < 4.78 is 5.42. The Morgan fingerprint density at radius 2 is 1.86 bits per heavy atom. The molecule has 4 heteroatoms. The Kier molecular flexibility index (Phi) is 5.93. The molecule has 4 nitrogen and oxygen atoms in total. The van der Waals surface area contributed by atoms with E-state index in [2.05, 4.69) is 10.5 Å². The summed E-state index contributed by atoms with van der Waals surface area (Å²) in [5, 5.41) is 3.83. The number of hydrogen-bond acceptors (Lipinski definition) is 3. The number of carbonyl (C=O) groups is 1. The first kappa shape index (κ1) is 15.5. The lowest BCUT2D eigenvalue weighted by Gasteiger charge is -2.07. The summed E-state index contributed by atoms with van der Waals surface area (Å²) in [5.74, 6) is 0.401. The zero-order chi connectivity index (χ0) is 15.6. The molecule has 2 aromatic rings. The van der Waals surface area contributed by atoms with E-state index in [4.69, 9.17) is 4.74 Å². The number of ether oxygens (including phenoxy) is 1. The fraction of sp³-hybridized carbons (Fsp3) is 0.111. The van der Waals surface area contributed by atoms with Crippen molar-refractivity contribution in [3.05, 3.63) is 71.8 Å². The van der Waals surface area contributed by atoms with E-state index in [1.54, 1.807) is 6.08 Å². The van der Waals surface area contributed by atoms with Gasteiger partial charge in [0, 0.05) is 6.21 Å². The highest BCUT2D eigenvalue weighted by Crippen LogP contribution is 2.15. The van der Waals surface area contributed by atoms with Crippen LogP contribution in [0, 0.1) is 6.92 Å². The van der Waals surface area contributed by atoms with Crippen LogP contribution >= 0.6 is 0 Å². The van der Waals surface area contributed by atoms with Gasteiger partial charge in [-0.15, -0.1) is 0 Å². The number of rotatable bonds is 6. The lowest BCUT2D eigenvalue weighted by atomic mass is 10.2. The van der Waals surface area contributed by atoms with Crippen molar-refractivity contribution in [1.82, 2.24) is 5.43 Å². The number of nitrogens with one attached hydrogen (secondary N) is 1. The molecular weight excluding hydrogens is 276 g/mol. The molecule has 0 aliphatic carbocycles. The SMILES string of the molecule is Cc1ccccc1OCC(=O)NN=C/C=C/c1ccccc1. The lowest BCUT2D eigenvalue weighted by Crippen LogP contribution is -2.24. The molecule has 0 heterocycles. The molecule has 2 rings (SSSR count). The van der Waals surface area contributed by atoms with Crippen LogP contribution in [0.5, 0.6) is 5.75 Å². The Balaban J connectivity index is 1.73. The van der Waals surface area contributed by atoms with Gasteiger partial charge in [0.15, 0.2) is 6.61 Å². The van der Waals surface area contributed by atoms with Gasteiger partial charge in [-0.25, -0.2) is 5.43 Å². The summed E-state index contributed by atoms with van der Waals surface area (Å²) in [7, 11) is 0. The van der Waals surface area contributed by atoms with Crippen LogP contribution in [0.25, 0.3) is 6.08 Å². The first-order valence-electron chi connectivity index (χ1n) is 6.98. The zero-order valence-corrected chi connectivity index (χ0v) is 12.4. The molecule has 0 radical (unpaired) electrons. The molecule has 0 aliphatic rings. The van der Waals surface area contributed by atoms with E-state index in [1.165, 1.54) is 6.21 Å². The number of aryl methyl sites for hydroxylation is 1. The number of para-hydroxylation sites is 1. The van der Waals surface area contributed by atoms with Crippen LogP contribution in [0.4, 0.5) is 0 Å². The molecule has 0 fully saturated rings. The quantitative estimate of drug-likeness (QED) is 0.657. The molecule has 22 heavy (non-hydrogen) atoms. The monoisotopic (exact) mass is 294 g/mol. The van der Waals surface area contributed by atoms with Gasteiger partial charge in [-0.3, -0.25) is 4.79 Å². The molecule has 0 bridgehead atoms. The number of nitrogens with zero attached hydrogens (tertiary/aromatic N) is 1. The van der Waals surface area contributed by atoms with Gasteiger partial charge in [0.2, 0.25) is 0 Å².